The lowest BCUT2D eigenvalue weighted by molar-refractivity contribution is 0.290. The van der Waals surface area contributed by atoms with Crippen LogP contribution in [0.25, 0.3) is 0 Å². The summed E-state index contributed by atoms with van der Waals surface area (Å²) in [5, 5.41) is 10.8. The highest BCUT2D eigenvalue weighted by Gasteiger charge is 2.07. The molecule has 0 atom stereocenters. The van der Waals surface area contributed by atoms with Crippen molar-refractivity contribution in [3.05, 3.63) is 46.0 Å². The Morgan fingerprint density at radius 3 is 3.00 bits per heavy atom. The first-order valence-electron chi connectivity index (χ1n) is 6.16. The summed E-state index contributed by atoms with van der Waals surface area (Å²) in [6.07, 6.45) is 2.22. The van der Waals surface area contributed by atoms with Crippen LogP contribution in [0.3, 0.4) is 0 Å². The molecule has 0 aliphatic rings. The molecule has 0 radical (unpaired) electrons. The Hall–Kier alpha value is -1.54. The average Bonchev–Trinajstić information content (AvgIpc) is 3.02. The Morgan fingerprint density at radius 1 is 1.37 bits per heavy atom. The van der Waals surface area contributed by atoms with E-state index in [0.29, 0.717) is 6.42 Å². The van der Waals surface area contributed by atoms with Gasteiger partial charge >= 0.3 is 0 Å². The predicted octanol–water partition coefficient (Wildman–Crippen LogP) is 2.71. The fourth-order valence-electron chi connectivity index (χ4n) is 1.76. The van der Waals surface area contributed by atoms with Crippen molar-refractivity contribution in [2.75, 3.05) is 13.7 Å². The molecule has 2 heterocycles. The first-order valence-corrected chi connectivity index (χ1v) is 7.04. The van der Waals surface area contributed by atoms with Gasteiger partial charge in [0.15, 0.2) is 0 Å². The molecule has 0 unspecified atom stereocenters. The van der Waals surface area contributed by atoms with Crippen LogP contribution >= 0.6 is 11.3 Å². The van der Waals surface area contributed by atoms with Crippen molar-refractivity contribution < 1.29 is 9.52 Å². The van der Waals surface area contributed by atoms with Gasteiger partial charge in [-0.3, -0.25) is 4.90 Å². The molecule has 2 rings (SSSR count). The van der Waals surface area contributed by atoms with Gasteiger partial charge < -0.3 is 9.52 Å². The van der Waals surface area contributed by atoms with E-state index in [9.17, 15) is 0 Å². The van der Waals surface area contributed by atoms with Gasteiger partial charge in [0.25, 0.3) is 0 Å². The predicted molar refractivity (Wildman–Crippen MR) is 76.8 cm³/mol. The minimum atomic E-state index is 0.116. The van der Waals surface area contributed by atoms with E-state index in [1.165, 1.54) is 4.88 Å². The van der Waals surface area contributed by atoms with Crippen LogP contribution in [0.4, 0.5) is 0 Å². The second-order valence-corrected chi connectivity index (χ2v) is 5.29. The Kier molecular flexibility index (Phi) is 5.22. The van der Waals surface area contributed by atoms with E-state index in [0.717, 1.165) is 24.4 Å². The van der Waals surface area contributed by atoms with Crippen LogP contribution in [0.15, 0.2) is 34.3 Å². The van der Waals surface area contributed by atoms with E-state index in [1.54, 1.807) is 17.6 Å². The Bertz CT molecular complexity index is 548. The summed E-state index contributed by atoms with van der Waals surface area (Å²) in [7, 11) is 2.06. The summed E-state index contributed by atoms with van der Waals surface area (Å²) < 4.78 is 5.34. The maximum absolute atomic E-state index is 8.73. The van der Waals surface area contributed by atoms with Crippen molar-refractivity contribution in [3.8, 4) is 11.8 Å². The second-order valence-electron chi connectivity index (χ2n) is 4.28. The third-order valence-corrected chi connectivity index (χ3v) is 3.53. The van der Waals surface area contributed by atoms with E-state index in [2.05, 4.69) is 29.2 Å². The Morgan fingerprint density at radius 2 is 2.26 bits per heavy atom. The third-order valence-electron chi connectivity index (χ3n) is 2.62. The summed E-state index contributed by atoms with van der Waals surface area (Å²) >= 11 is 1.71. The molecule has 0 fully saturated rings. The summed E-state index contributed by atoms with van der Waals surface area (Å²) in [6, 6.07) is 5.91. The fourth-order valence-corrected chi connectivity index (χ4v) is 2.67. The van der Waals surface area contributed by atoms with Crippen LogP contribution in [0, 0.1) is 11.8 Å². The van der Waals surface area contributed by atoms with Gasteiger partial charge in [-0.1, -0.05) is 11.8 Å². The molecule has 0 spiro atoms. The number of thiophene rings is 1. The van der Waals surface area contributed by atoms with Crippen LogP contribution < -0.4 is 0 Å². The van der Waals surface area contributed by atoms with Gasteiger partial charge in [0.1, 0.15) is 5.76 Å². The molecule has 0 saturated heterocycles. The zero-order chi connectivity index (χ0) is 13.5. The number of rotatable bonds is 5. The van der Waals surface area contributed by atoms with Crippen LogP contribution in [-0.2, 0) is 13.1 Å². The molecule has 4 heteroatoms. The molecular weight excluding hydrogens is 258 g/mol. The molecule has 0 bridgehead atoms. The number of aliphatic hydroxyl groups excluding tert-OH is 1. The third kappa shape index (κ3) is 4.25. The maximum Gasteiger partial charge on any atom is 0.117 e. The van der Waals surface area contributed by atoms with Gasteiger partial charge in [0, 0.05) is 23.4 Å². The zero-order valence-electron chi connectivity index (χ0n) is 10.9. The molecule has 3 nitrogen and oxygen atoms in total. The monoisotopic (exact) mass is 275 g/mol. The maximum atomic E-state index is 8.73. The molecule has 1 N–H and O–H groups in total. The topological polar surface area (TPSA) is 36.6 Å². The van der Waals surface area contributed by atoms with Gasteiger partial charge in [-0.15, -0.1) is 11.3 Å². The Labute approximate surface area is 117 Å². The number of nitrogens with zero attached hydrogens (tertiary/aromatic N) is 1. The van der Waals surface area contributed by atoms with Gasteiger partial charge in [0.05, 0.1) is 19.4 Å². The standard InChI is InChI=1S/C15H17NO2S/c1-16(11-14-6-4-9-18-14)12-15-13(7-10-19-15)5-2-3-8-17/h4,6-7,9-10,17H,3,8,11-12H2,1H3. The number of furan rings is 1. The van der Waals surface area contributed by atoms with Crippen LogP contribution in [-0.4, -0.2) is 23.7 Å². The minimum absolute atomic E-state index is 0.116. The van der Waals surface area contributed by atoms with E-state index in [1.807, 2.05) is 18.2 Å². The molecule has 0 saturated carbocycles. The SMILES string of the molecule is CN(Cc1ccco1)Cc1sccc1C#CCCO. The number of hydrogen-bond acceptors (Lipinski definition) is 4. The van der Waals surface area contributed by atoms with Crippen LogP contribution in [0.1, 0.15) is 22.6 Å². The lowest BCUT2D eigenvalue weighted by atomic mass is 10.2. The van der Waals surface area contributed by atoms with E-state index >= 15 is 0 Å². The normalized spacial score (nSPS) is 10.5. The summed E-state index contributed by atoms with van der Waals surface area (Å²) in [4.78, 5) is 3.45. The van der Waals surface area contributed by atoms with Crippen molar-refractivity contribution in [2.24, 2.45) is 0 Å². The largest absolute Gasteiger partial charge is 0.468 e. The average molecular weight is 275 g/mol. The molecule has 2 aromatic heterocycles. The first-order chi connectivity index (χ1) is 9.29. The molecule has 0 amide bonds. The number of aliphatic hydroxyl groups is 1. The van der Waals surface area contributed by atoms with Crippen molar-refractivity contribution in [2.45, 2.75) is 19.5 Å². The van der Waals surface area contributed by atoms with Gasteiger partial charge in [-0.05, 0) is 30.6 Å². The van der Waals surface area contributed by atoms with Gasteiger partial charge in [0.2, 0.25) is 0 Å². The Balaban J connectivity index is 1.96. The molecule has 0 aromatic carbocycles. The lowest BCUT2D eigenvalue weighted by Crippen LogP contribution is -2.16. The molecule has 19 heavy (non-hydrogen) atoms. The highest BCUT2D eigenvalue weighted by Crippen LogP contribution is 2.18. The summed E-state index contributed by atoms with van der Waals surface area (Å²) in [5.41, 5.74) is 1.06. The molecule has 0 aliphatic carbocycles. The molecule has 100 valence electrons. The van der Waals surface area contributed by atoms with Crippen molar-refractivity contribution in [1.29, 1.82) is 0 Å². The van der Waals surface area contributed by atoms with Gasteiger partial charge in [-0.2, -0.15) is 0 Å². The highest BCUT2D eigenvalue weighted by molar-refractivity contribution is 7.10. The number of hydrogen-bond donors (Lipinski definition) is 1. The lowest BCUT2D eigenvalue weighted by Gasteiger charge is -2.14. The highest BCUT2D eigenvalue weighted by atomic mass is 32.1. The first kappa shape index (κ1) is 13.9. The smallest absolute Gasteiger partial charge is 0.117 e. The zero-order valence-corrected chi connectivity index (χ0v) is 11.7. The minimum Gasteiger partial charge on any atom is -0.468 e. The fraction of sp³-hybridized carbons (Fsp3) is 0.333. The molecule has 2 aromatic rings. The molecular formula is C15H17NO2S. The van der Waals surface area contributed by atoms with Crippen LogP contribution in [0.5, 0.6) is 0 Å². The summed E-state index contributed by atoms with van der Waals surface area (Å²) in [6.45, 7) is 1.75. The van der Waals surface area contributed by atoms with E-state index in [4.69, 9.17) is 9.52 Å². The van der Waals surface area contributed by atoms with E-state index < -0.39 is 0 Å². The summed E-state index contributed by atoms with van der Waals surface area (Å²) in [5.74, 6) is 7.04. The van der Waals surface area contributed by atoms with E-state index in [-0.39, 0.29) is 6.61 Å². The van der Waals surface area contributed by atoms with Gasteiger partial charge in [-0.25, -0.2) is 0 Å². The van der Waals surface area contributed by atoms with Crippen molar-refractivity contribution in [1.82, 2.24) is 4.90 Å². The van der Waals surface area contributed by atoms with Crippen molar-refractivity contribution >= 4 is 11.3 Å². The molecule has 0 aliphatic heterocycles. The van der Waals surface area contributed by atoms with Crippen molar-refractivity contribution in [3.63, 3.8) is 0 Å². The quantitative estimate of drug-likeness (QED) is 0.852. The van der Waals surface area contributed by atoms with Crippen LogP contribution in [0.2, 0.25) is 0 Å². The second kappa shape index (κ2) is 7.15.